The number of likely N-dealkylation sites (tertiary alicyclic amines) is 1. The number of carboxylic acid groups (broad SMARTS) is 1. The molecule has 208 valence electrons. The van der Waals surface area contributed by atoms with Crippen LogP contribution in [0.4, 0.5) is 23.7 Å². The number of hydrogen-bond acceptors (Lipinski definition) is 5. The van der Waals surface area contributed by atoms with Gasteiger partial charge in [0.1, 0.15) is 11.6 Å². The van der Waals surface area contributed by atoms with Crippen molar-refractivity contribution < 1.29 is 32.6 Å². The number of benzene rings is 2. The molecule has 0 saturated carbocycles. The third kappa shape index (κ3) is 4.74. The molecule has 2 saturated heterocycles. The van der Waals surface area contributed by atoms with Gasteiger partial charge >= 0.3 is 18.2 Å². The summed E-state index contributed by atoms with van der Waals surface area (Å²) < 4.78 is 46.1. The number of alkyl halides is 3. The van der Waals surface area contributed by atoms with E-state index < -0.39 is 46.9 Å². The molecule has 2 aliphatic heterocycles. The minimum atomic E-state index is -4.59. The number of carboxylic acids is 1. The second-order valence-electron chi connectivity index (χ2n) is 9.90. The van der Waals surface area contributed by atoms with Crippen molar-refractivity contribution in [3.8, 4) is 11.3 Å². The highest BCUT2D eigenvalue weighted by atomic mass is 35.5. The lowest BCUT2D eigenvalue weighted by Gasteiger charge is -2.39. The van der Waals surface area contributed by atoms with Crippen LogP contribution in [-0.4, -0.2) is 58.8 Å². The van der Waals surface area contributed by atoms with Crippen molar-refractivity contribution >= 4 is 40.9 Å². The Balaban J connectivity index is 0.00000353. The number of nitrogens with zero attached hydrogens (tertiary/aromatic N) is 2. The number of likely N-dealkylation sites (N-methyl/N-ethyl adjacent to an activating group) is 1. The standard InChI is InChI=1S/C27H26F3N3O5.ClH/c1-15(26(24(35)36)10-5-11-32(26)2)22-14-33(25(37)38-22)17-9-8-16-12-21(31-23(34)19(16)13-17)18-6-3-4-7-20(18)27(28,29)30;/h3-4,6-9,12-13,15,22H,5,10-11,14H2,1-2H3,(H,31,34)(H,35,36);1H/t15?,22-,26+;/m1./s1. The number of hydrogen-bond donors (Lipinski definition) is 2. The molecule has 2 fully saturated rings. The number of nitrogens with one attached hydrogen (secondary N) is 1. The first-order valence-electron chi connectivity index (χ1n) is 12.2. The maximum absolute atomic E-state index is 13.5. The molecule has 0 aliphatic carbocycles. The number of aliphatic carboxylic acids is 1. The van der Waals surface area contributed by atoms with E-state index in [1.54, 1.807) is 31.0 Å². The van der Waals surface area contributed by atoms with Crippen LogP contribution < -0.4 is 10.5 Å². The Bertz CT molecular complexity index is 1490. The van der Waals surface area contributed by atoms with E-state index >= 15 is 0 Å². The smallest absolute Gasteiger partial charge is 0.417 e. The summed E-state index contributed by atoms with van der Waals surface area (Å²) in [6.07, 6.45) is -4.77. The van der Waals surface area contributed by atoms with Crippen molar-refractivity contribution in [1.82, 2.24) is 9.88 Å². The van der Waals surface area contributed by atoms with Crippen LogP contribution in [-0.2, 0) is 15.7 Å². The molecule has 0 bridgehead atoms. The summed E-state index contributed by atoms with van der Waals surface area (Å²) in [6.45, 7) is 2.50. The molecule has 2 N–H and O–H groups in total. The van der Waals surface area contributed by atoms with Crippen LogP contribution in [0.1, 0.15) is 25.3 Å². The zero-order chi connectivity index (χ0) is 27.4. The van der Waals surface area contributed by atoms with E-state index in [1.807, 2.05) is 0 Å². The van der Waals surface area contributed by atoms with Crippen LogP contribution in [0.25, 0.3) is 22.0 Å². The number of halogens is 4. The van der Waals surface area contributed by atoms with E-state index in [1.165, 1.54) is 35.2 Å². The first kappa shape index (κ1) is 28.4. The monoisotopic (exact) mass is 565 g/mol. The van der Waals surface area contributed by atoms with Crippen molar-refractivity contribution in [2.75, 3.05) is 25.0 Å². The van der Waals surface area contributed by atoms with E-state index in [0.29, 0.717) is 24.0 Å². The van der Waals surface area contributed by atoms with Gasteiger partial charge in [0.05, 0.1) is 12.1 Å². The fourth-order valence-electron chi connectivity index (χ4n) is 5.81. The van der Waals surface area contributed by atoms with Gasteiger partial charge in [-0.25, -0.2) is 4.79 Å². The number of H-pyrrole nitrogens is 1. The van der Waals surface area contributed by atoms with Gasteiger partial charge in [-0.1, -0.05) is 31.2 Å². The first-order valence-corrected chi connectivity index (χ1v) is 12.2. The quantitative estimate of drug-likeness (QED) is 0.444. The fraction of sp³-hybridized carbons (Fsp3) is 0.370. The minimum absolute atomic E-state index is 0. The molecule has 3 atom stereocenters. The van der Waals surface area contributed by atoms with Crippen molar-refractivity contribution in [3.63, 3.8) is 0 Å². The summed E-state index contributed by atoms with van der Waals surface area (Å²) in [5.74, 6) is -1.46. The minimum Gasteiger partial charge on any atom is -0.480 e. The molecule has 12 heteroatoms. The molecule has 3 aromatic rings. The van der Waals surface area contributed by atoms with Crippen LogP contribution in [0, 0.1) is 5.92 Å². The zero-order valence-electron chi connectivity index (χ0n) is 21.1. The molecule has 39 heavy (non-hydrogen) atoms. The van der Waals surface area contributed by atoms with Gasteiger partial charge in [0, 0.05) is 28.2 Å². The summed E-state index contributed by atoms with van der Waals surface area (Å²) in [5, 5.41) is 10.6. The van der Waals surface area contributed by atoms with Gasteiger partial charge in [0.15, 0.2) is 0 Å². The summed E-state index contributed by atoms with van der Waals surface area (Å²) in [7, 11) is 1.75. The zero-order valence-corrected chi connectivity index (χ0v) is 21.9. The predicted molar refractivity (Wildman–Crippen MR) is 141 cm³/mol. The maximum Gasteiger partial charge on any atom is 0.417 e. The Morgan fingerprint density at radius 3 is 2.54 bits per heavy atom. The van der Waals surface area contributed by atoms with Crippen LogP contribution in [0.2, 0.25) is 0 Å². The van der Waals surface area contributed by atoms with Crippen LogP contribution >= 0.6 is 12.4 Å². The van der Waals surface area contributed by atoms with E-state index in [0.717, 1.165) is 12.5 Å². The number of fused-ring (bicyclic) bond motifs is 1. The first-order chi connectivity index (χ1) is 17.9. The number of rotatable bonds is 5. The normalized spacial score (nSPS) is 22.5. The molecule has 1 amide bonds. The highest BCUT2D eigenvalue weighted by Gasteiger charge is 2.55. The second-order valence-corrected chi connectivity index (χ2v) is 9.90. The molecule has 0 spiro atoms. The van der Waals surface area contributed by atoms with Gasteiger partial charge in [0.25, 0.3) is 5.56 Å². The molecule has 1 aromatic heterocycles. The van der Waals surface area contributed by atoms with Crippen LogP contribution in [0.3, 0.4) is 0 Å². The van der Waals surface area contributed by atoms with E-state index in [-0.39, 0.29) is 35.6 Å². The number of carbonyl (C=O) groups is 2. The third-order valence-electron chi connectivity index (χ3n) is 7.91. The second kappa shape index (κ2) is 10.2. The number of aromatic amines is 1. The Labute approximate surface area is 227 Å². The van der Waals surface area contributed by atoms with Crippen molar-refractivity contribution in [2.45, 2.75) is 37.6 Å². The lowest BCUT2D eigenvalue weighted by atomic mass is 9.79. The highest BCUT2D eigenvalue weighted by Crippen LogP contribution is 2.40. The number of pyridine rings is 1. The Hall–Kier alpha value is -3.57. The number of carbonyl (C=O) groups excluding carboxylic acids is 1. The third-order valence-corrected chi connectivity index (χ3v) is 7.91. The fourth-order valence-corrected chi connectivity index (χ4v) is 5.81. The molecule has 2 aliphatic rings. The lowest BCUT2D eigenvalue weighted by Crippen LogP contribution is -2.57. The van der Waals surface area contributed by atoms with Crippen LogP contribution in [0.15, 0.2) is 53.3 Å². The molecule has 8 nitrogen and oxygen atoms in total. The van der Waals surface area contributed by atoms with Gasteiger partial charge in [-0.05, 0) is 56.1 Å². The van der Waals surface area contributed by atoms with Crippen molar-refractivity contribution in [2.24, 2.45) is 5.92 Å². The average Bonchev–Trinajstić information content (AvgIpc) is 3.46. The summed E-state index contributed by atoms with van der Waals surface area (Å²) >= 11 is 0. The molecule has 1 unspecified atom stereocenters. The SMILES string of the molecule is CC([C@H]1CN(c2ccc3cc(-c4ccccc4C(F)(F)F)[nH]c(=O)c3c2)C(=O)O1)[C@]1(C(=O)O)CCCN1C.Cl. The molecular formula is C27H27ClF3N3O5. The Morgan fingerprint density at radius 2 is 1.90 bits per heavy atom. The van der Waals surface area contributed by atoms with E-state index in [9.17, 15) is 32.7 Å². The summed E-state index contributed by atoms with van der Waals surface area (Å²) in [4.78, 5) is 43.7. The lowest BCUT2D eigenvalue weighted by molar-refractivity contribution is -0.154. The molecule has 0 radical (unpaired) electrons. The number of ether oxygens (including phenoxy) is 1. The Kier molecular flexibility index (Phi) is 7.44. The van der Waals surface area contributed by atoms with Gasteiger partial charge in [-0.3, -0.25) is 19.4 Å². The van der Waals surface area contributed by atoms with Gasteiger partial charge in [-0.15, -0.1) is 12.4 Å². The molecule has 3 heterocycles. The summed E-state index contributed by atoms with van der Waals surface area (Å²) in [6, 6.07) is 11.1. The number of aromatic nitrogens is 1. The van der Waals surface area contributed by atoms with E-state index in [2.05, 4.69) is 4.98 Å². The highest BCUT2D eigenvalue weighted by molar-refractivity contribution is 5.95. The molecule has 2 aromatic carbocycles. The molecule has 5 rings (SSSR count). The average molecular weight is 566 g/mol. The number of anilines is 1. The van der Waals surface area contributed by atoms with E-state index in [4.69, 9.17) is 4.74 Å². The summed E-state index contributed by atoms with van der Waals surface area (Å²) in [5.41, 5.74) is -2.37. The Morgan fingerprint density at radius 1 is 1.18 bits per heavy atom. The maximum atomic E-state index is 13.5. The number of cyclic esters (lactones) is 1. The van der Waals surface area contributed by atoms with Crippen LogP contribution in [0.5, 0.6) is 0 Å². The van der Waals surface area contributed by atoms with Crippen molar-refractivity contribution in [3.05, 3.63) is 64.4 Å². The topological polar surface area (TPSA) is 103 Å². The predicted octanol–water partition coefficient (Wildman–Crippen LogP) is 5.15. The van der Waals surface area contributed by atoms with Gasteiger partial charge < -0.3 is 14.8 Å². The van der Waals surface area contributed by atoms with Gasteiger partial charge in [-0.2, -0.15) is 13.2 Å². The molecular weight excluding hydrogens is 539 g/mol. The number of amides is 1. The largest absolute Gasteiger partial charge is 0.480 e. The van der Waals surface area contributed by atoms with Crippen molar-refractivity contribution in [1.29, 1.82) is 0 Å². The van der Waals surface area contributed by atoms with Gasteiger partial charge in [0.2, 0.25) is 0 Å².